The molecule has 0 atom stereocenters. The molecule has 0 fully saturated rings. The molecule has 60 valence electrons. The van der Waals surface area contributed by atoms with E-state index < -0.39 is 0 Å². The number of aromatic nitrogens is 1. The van der Waals surface area contributed by atoms with Gasteiger partial charge in [-0.1, -0.05) is 6.07 Å². The summed E-state index contributed by atoms with van der Waals surface area (Å²) in [5.41, 5.74) is 0.859. The molecule has 0 aliphatic heterocycles. The third-order valence-electron chi connectivity index (χ3n) is 1.69. The molecule has 0 saturated heterocycles. The molecule has 1 heterocycles. The maximum absolute atomic E-state index is 9.37. The van der Waals surface area contributed by atoms with Crippen LogP contribution in [0.4, 0.5) is 0 Å². The average Bonchev–Trinajstić information content (AvgIpc) is 2.12. The van der Waals surface area contributed by atoms with Crippen LogP contribution in [-0.2, 0) is 0 Å². The number of pyridine rings is 1. The molecule has 2 aromatic rings. The Morgan fingerprint density at radius 3 is 2.92 bits per heavy atom. The number of benzene rings is 1. The number of phenols is 1. The minimum atomic E-state index is 0.293. The van der Waals surface area contributed by atoms with E-state index in [-0.39, 0.29) is 0 Å². The summed E-state index contributed by atoms with van der Waals surface area (Å²) in [6.07, 6.45) is 1.73. The van der Waals surface area contributed by atoms with Crippen LogP contribution in [0.15, 0.2) is 30.5 Å². The van der Waals surface area contributed by atoms with Crippen molar-refractivity contribution in [2.24, 2.45) is 0 Å². The summed E-state index contributed by atoms with van der Waals surface area (Å²) in [6.45, 7) is 0. The fourth-order valence-electron chi connectivity index (χ4n) is 1.10. The second-order valence-electron chi connectivity index (χ2n) is 2.47. The molecule has 0 saturated carbocycles. The largest absolute Gasteiger partial charge is 0.507 e. The zero-order valence-corrected chi connectivity index (χ0v) is 8.32. The van der Waals surface area contributed by atoms with Gasteiger partial charge in [-0.2, -0.15) is 0 Å². The molecule has 0 aliphatic carbocycles. The average molecular weight is 271 g/mol. The van der Waals surface area contributed by atoms with E-state index in [1.807, 2.05) is 18.2 Å². The summed E-state index contributed by atoms with van der Waals surface area (Å²) in [5.74, 6) is 0.293. The van der Waals surface area contributed by atoms with Gasteiger partial charge in [0.15, 0.2) is 0 Å². The van der Waals surface area contributed by atoms with E-state index in [0.717, 1.165) is 14.5 Å². The van der Waals surface area contributed by atoms with Gasteiger partial charge in [0.1, 0.15) is 5.75 Å². The standard InChI is InChI=1S/C9H6INO/c10-8-7(12)4-3-6-2-1-5-11-9(6)8/h1-5,12H. The van der Waals surface area contributed by atoms with Crippen molar-refractivity contribution in [3.05, 3.63) is 34.0 Å². The molecule has 2 nitrogen and oxygen atoms in total. The maximum atomic E-state index is 9.37. The number of phenolic OH excluding ortho intramolecular Hbond substituents is 1. The van der Waals surface area contributed by atoms with Gasteiger partial charge in [0, 0.05) is 11.6 Å². The lowest BCUT2D eigenvalue weighted by Crippen LogP contribution is -1.81. The minimum Gasteiger partial charge on any atom is -0.507 e. The lowest BCUT2D eigenvalue weighted by Gasteiger charge is -2.00. The van der Waals surface area contributed by atoms with Gasteiger partial charge in [-0.3, -0.25) is 4.98 Å². The SMILES string of the molecule is Oc1ccc2cccnc2c1I. The van der Waals surface area contributed by atoms with Crippen molar-refractivity contribution in [1.82, 2.24) is 4.98 Å². The minimum absolute atomic E-state index is 0.293. The predicted molar refractivity (Wildman–Crippen MR) is 56.1 cm³/mol. The Balaban J connectivity index is 2.91. The van der Waals surface area contributed by atoms with Gasteiger partial charge in [-0.15, -0.1) is 0 Å². The van der Waals surface area contributed by atoms with E-state index in [0.29, 0.717) is 5.75 Å². The first-order valence-electron chi connectivity index (χ1n) is 3.51. The highest BCUT2D eigenvalue weighted by Crippen LogP contribution is 2.26. The number of fused-ring (bicyclic) bond motifs is 1. The lowest BCUT2D eigenvalue weighted by molar-refractivity contribution is 0.472. The highest BCUT2D eigenvalue weighted by molar-refractivity contribution is 14.1. The molecule has 2 rings (SSSR count). The Bertz CT molecular complexity index is 428. The number of hydrogen-bond acceptors (Lipinski definition) is 2. The van der Waals surface area contributed by atoms with Crippen molar-refractivity contribution in [2.75, 3.05) is 0 Å². The normalized spacial score (nSPS) is 10.4. The molecule has 0 radical (unpaired) electrons. The Labute approximate surface area is 83.4 Å². The Morgan fingerprint density at radius 2 is 2.08 bits per heavy atom. The summed E-state index contributed by atoms with van der Waals surface area (Å²) in [4.78, 5) is 4.17. The highest BCUT2D eigenvalue weighted by atomic mass is 127. The van der Waals surface area contributed by atoms with Gasteiger partial charge in [-0.25, -0.2) is 0 Å². The van der Waals surface area contributed by atoms with Gasteiger partial charge in [0.05, 0.1) is 9.09 Å². The molecule has 0 spiro atoms. The Morgan fingerprint density at radius 1 is 1.25 bits per heavy atom. The van der Waals surface area contributed by atoms with Crippen LogP contribution in [0.3, 0.4) is 0 Å². The van der Waals surface area contributed by atoms with Crippen LogP contribution in [0.5, 0.6) is 5.75 Å². The van der Waals surface area contributed by atoms with Crippen LogP contribution >= 0.6 is 22.6 Å². The third-order valence-corrected chi connectivity index (χ3v) is 2.76. The predicted octanol–water partition coefficient (Wildman–Crippen LogP) is 2.55. The van der Waals surface area contributed by atoms with E-state index in [4.69, 9.17) is 0 Å². The third kappa shape index (κ3) is 1.14. The van der Waals surface area contributed by atoms with Gasteiger partial charge in [0.2, 0.25) is 0 Å². The number of rotatable bonds is 0. The fourth-order valence-corrected chi connectivity index (χ4v) is 1.73. The van der Waals surface area contributed by atoms with Gasteiger partial charge in [-0.05, 0) is 40.8 Å². The second kappa shape index (κ2) is 2.90. The van der Waals surface area contributed by atoms with Crippen molar-refractivity contribution in [2.45, 2.75) is 0 Å². The van der Waals surface area contributed by atoms with Crippen molar-refractivity contribution in [1.29, 1.82) is 0 Å². The van der Waals surface area contributed by atoms with Crippen LogP contribution in [0, 0.1) is 3.57 Å². The van der Waals surface area contributed by atoms with Gasteiger partial charge >= 0.3 is 0 Å². The zero-order chi connectivity index (χ0) is 8.55. The lowest BCUT2D eigenvalue weighted by atomic mass is 10.2. The van der Waals surface area contributed by atoms with Crippen LogP contribution < -0.4 is 0 Å². The maximum Gasteiger partial charge on any atom is 0.131 e. The van der Waals surface area contributed by atoms with E-state index in [2.05, 4.69) is 27.6 Å². The molecule has 3 heteroatoms. The molecule has 0 bridgehead atoms. The van der Waals surface area contributed by atoms with Crippen molar-refractivity contribution < 1.29 is 5.11 Å². The van der Waals surface area contributed by atoms with Crippen LogP contribution in [-0.4, -0.2) is 10.1 Å². The van der Waals surface area contributed by atoms with E-state index in [9.17, 15) is 5.11 Å². The molecular formula is C9H6INO. The second-order valence-corrected chi connectivity index (χ2v) is 3.55. The first kappa shape index (κ1) is 7.79. The smallest absolute Gasteiger partial charge is 0.131 e. The van der Waals surface area contributed by atoms with Gasteiger partial charge < -0.3 is 5.11 Å². The summed E-state index contributed by atoms with van der Waals surface area (Å²) >= 11 is 2.09. The monoisotopic (exact) mass is 271 g/mol. The first-order chi connectivity index (χ1) is 5.79. The number of hydrogen-bond donors (Lipinski definition) is 1. The number of halogens is 1. The highest BCUT2D eigenvalue weighted by Gasteiger charge is 2.02. The number of aromatic hydroxyl groups is 1. The van der Waals surface area contributed by atoms with Crippen molar-refractivity contribution in [3.8, 4) is 5.75 Å². The van der Waals surface area contributed by atoms with Crippen molar-refractivity contribution >= 4 is 33.5 Å². The van der Waals surface area contributed by atoms with Crippen LogP contribution in [0.2, 0.25) is 0 Å². The summed E-state index contributed by atoms with van der Waals surface area (Å²) in [6, 6.07) is 7.41. The van der Waals surface area contributed by atoms with E-state index in [1.54, 1.807) is 12.3 Å². The zero-order valence-electron chi connectivity index (χ0n) is 6.16. The summed E-state index contributed by atoms with van der Waals surface area (Å²) in [5, 5.41) is 10.4. The molecule has 0 aliphatic rings. The molecule has 12 heavy (non-hydrogen) atoms. The molecule has 1 aromatic carbocycles. The quantitative estimate of drug-likeness (QED) is 0.747. The molecular weight excluding hydrogens is 265 g/mol. The molecule has 0 amide bonds. The molecule has 1 N–H and O–H groups in total. The van der Waals surface area contributed by atoms with E-state index in [1.165, 1.54) is 0 Å². The Hall–Kier alpha value is -0.840. The summed E-state index contributed by atoms with van der Waals surface area (Å²) in [7, 11) is 0. The Kier molecular flexibility index (Phi) is 1.88. The van der Waals surface area contributed by atoms with Gasteiger partial charge in [0.25, 0.3) is 0 Å². The molecule has 1 aromatic heterocycles. The van der Waals surface area contributed by atoms with Crippen molar-refractivity contribution in [3.63, 3.8) is 0 Å². The number of nitrogens with zero attached hydrogens (tertiary/aromatic N) is 1. The molecule has 0 unspecified atom stereocenters. The van der Waals surface area contributed by atoms with Crippen LogP contribution in [0.1, 0.15) is 0 Å². The van der Waals surface area contributed by atoms with Crippen LogP contribution in [0.25, 0.3) is 10.9 Å². The topological polar surface area (TPSA) is 33.1 Å². The summed E-state index contributed by atoms with van der Waals surface area (Å²) < 4.78 is 0.811. The van der Waals surface area contributed by atoms with E-state index >= 15 is 0 Å². The fraction of sp³-hybridized carbons (Fsp3) is 0. The first-order valence-corrected chi connectivity index (χ1v) is 4.59.